The molecule has 3 heterocycles. The Morgan fingerprint density at radius 1 is 1.14 bits per heavy atom. The second-order valence-electron chi connectivity index (χ2n) is 7.47. The van der Waals surface area contributed by atoms with Gasteiger partial charge in [-0.3, -0.25) is 14.6 Å². The second kappa shape index (κ2) is 8.90. The molecular weight excluding hydrogens is 384 g/mol. The molecule has 152 valence electrons. The van der Waals surface area contributed by atoms with Crippen molar-refractivity contribution in [2.24, 2.45) is 0 Å². The van der Waals surface area contributed by atoms with Crippen LogP contribution in [-0.4, -0.2) is 53.4 Å². The predicted octanol–water partition coefficient (Wildman–Crippen LogP) is 3.78. The molecule has 29 heavy (non-hydrogen) atoms. The van der Waals surface area contributed by atoms with Crippen LogP contribution in [0.4, 0.5) is 5.69 Å². The molecular formula is C22H26N4O2S. The van der Waals surface area contributed by atoms with Crippen molar-refractivity contribution in [3.05, 3.63) is 58.8 Å². The molecule has 1 fully saturated rings. The van der Waals surface area contributed by atoms with E-state index in [1.165, 1.54) is 5.56 Å². The lowest BCUT2D eigenvalue weighted by Gasteiger charge is -2.33. The first kappa shape index (κ1) is 19.8. The van der Waals surface area contributed by atoms with Crippen molar-refractivity contribution in [3.63, 3.8) is 0 Å². The number of aryl methyl sites for hydroxylation is 1. The third kappa shape index (κ3) is 4.93. The van der Waals surface area contributed by atoms with Gasteiger partial charge in [-0.05, 0) is 42.5 Å². The maximum Gasteiger partial charge on any atom is 0.238 e. The highest BCUT2D eigenvalue weighted by atomic mass is 32.1. The average Bonchev–Trinajstić information content (AvgIpc) is 3.39. The number of carbonyl (C=O) groups excluding carboxylic acids is 1. The molecule has 1 aliphatic heterocycles. The van der Waals surface area contributed by atoms with Crippen molar-refractivity contribution >= 4 is 22.9 Å². The highest BCUT2D eigenvalue weighted by molar-refractivity contribution is 7.13. The van der Waals surface area contributed by atoms with Crippen LogP contribution in [0.3, 0.4) is 0 Å². The fraction of sp³-hybridized carbons (Fsp3) is 0.364. The van der Waals surface area contributed by atoms with Gasteiger partial charge in [0.25, 0.3) is 0 Å². The van der Waals surface area contributed by atoms with Gasteiger partial charge in [0.2, 0.25) is 11.8 Å². The van der Waals surface area contributed by atoms with Gasteiger partial charge in [-0.1, -0.05) is 18.2 Å². The molecule has 0 radical (unpaired) electrons. The van der Waals surface area contributed by atoms with E-state index >= 15 is 0 Å². The Balaban J connectivity index is 1.24. The molecule has 6 nitrogen and oxygen atoms in total. The van der Waals surface area contributed by atoms with Gasteiger partial charge in [0.1, 0.15) is 6.26 Å². The summed E-state index contributed by atoms with van der Waals surface area (Å²) in [6, 6.07) is 10.0. The summed E-state index contributed by atoms with van der Waals surface area (Å²) < 4.78 is 5.61. The maximum atomic E-state index is 12.4. The van der Waals surface area contributed by atoms with Crippen LogP contribution in [0.5, 0.6) is 0 Å². The molecule has 7 heteroatoms. The van der Waals surface area contributed by atoms with Crippen LogP contribution in [0.2, 0.25) is 0 Å². The Kier molecular flexibility index (Phi) is 6.08. The van der Waals surface area contributed by atoms with Crippen LogP contribution in [0, 0.1) is 13.8 Å². The normalized spacial score (nSPS) is 15.5. The number of piperazine rings is 1. The Labute approximate surface area is 175 Å². The van der Waals surface area contributed by atoms with Crippen molar-refractivity contribution in [1.29, 1.82) is 0 Å². The third-order valence-electron chi connectivity index (χ3n) is 5.38. The maximum absolute atomic E-state index is 12.4. The fourth-order valence-electron chi connectivity index (χ4n) is 3.51. The van der Waals surface area contributed by atoms with Crippen LogP contribution in [0.15, 0.2) is 46.4 Å². The van der Waals surface area contributed by atoms with Crippen LogP contribution < -0.4 is 5.32 Å². The molecule has 0 bridgehead atoms. The Bertz CT molecular complexity index is 959. The van der Waals surface area contributed by atoms with Crippen LogP contribution in [0.25, 0.3) is 10.8 Å². The molecule has 2 aromatic heterocycles. The quantitative estimate of drug-likeness (QED) is 0.670. The summed E-state index contributed by atoms with van der Waals surface area (Å²) in [5.41, 5.74) is 4.17. The lowest BCUT2D eigenvalue weighted by molar-refractivity contribution is -0.117. The van der Waals surface area contributed by atoms with E-state index in [9.17, 15) is 4.79 Å². The van der Waals surface area contributed by atoms with E-state index in [0.29, 0.717) is 12.4 Å². The first-order chi connectivity index (χ1) is 14.1. The summed E-state index contributed by atoms with van der Waals surface area (Å²) in [5.74, 6) is 0.737. The van der Waals surface area contributed by atoms with Crippen molar-refractivity contribution in [2.75, 3.05) is 38.0 Å². The minimum absolute atomic E-state index is 0.0456. The van der Waals surface area contributed by atoms with Gasteiger partial charge in [0.05, 0.1) is 17.1 Å². The zero-order valence-corrected chi connectivity index (χ0v) is 17.7. The number of nitrogens with one attached hydrogen (secondary N) is 1. The third-order valence-corrected chi connectivity index (χ3v) is 6.24. The minimum Gasteiger partial charge on any atom is -0.444 e. The van der Waals surface area contributed by atoms with Crippen molar-refractivity contribution in [2.45, 2.75) is 20.4 Å². The van der Waals surface area contributed by atoms with E-state index in [1.54, 1.807) is 17.6 Å². The standard InChI is InChI=1S/C22H26N4O2S/c1-16-5-3-6-19(17(16)2)24-21(27)14-26-10-8-25(9-11-26)13-18-15-28-22(23-18)20-7-4-12-29-20/h3-7,12,15H,8-11,13-14H2,1-2H3,(H,24,27). The van der Waals surface area contributed by atoms with E-state index in [0.717, 1.165) is 54.5 Å². The number of carbonyl (C=O) groups is 1. The zero-order chi connectivity index (χ0) is 20.2. The van der Waals surface area contributed by atoms with E-state index in [2.05, 4.69) is 33.1 Å². The number of hydrogen-bond donors (Lipinski definition) is 1. The molecule has 1 saturated heterocycles. The molecule has 0 atom stereocenters. The van der Waals surface area contributed by atoms with Gasteiger partial charge in [0.15, 0.2) is 0 Å². The number of hydrogen-bond acceptors (Lipinski definition) is 6. The number of anilines is 1. The lowest BCUT2D eigenvalue weighted by atomic mass is 10.1. The smallest absolute Gasteiger partial charge is 0.238 e. The number of nitrogens with zero attached hydrogens (tertiary/aromatic N) is 3. The van der Waals surface area contributed by atoms with Gasteiger partial charge >= 0.3 is 0 Å². The molecule has 1 aliphatic rings. The Morgan fingerprint density at radius 3 is 2.69 bits per heavy atom. The Morgan fingerprint density at radius 2 is 1.93 bits per heavy atom. The average molecular weight is 411 g/mol. The molecule has 0 aliphatic carbocycles. The number of aromatic nitrogens is 1. The highest BCUT2D eigenvalue weighted by Gasteiger charge is 2.20. The first-order valence-corrected chi connectivity index (χ1v) is 10.8. The predicted molar refractivity (Wildman–Crippen MR) is 116 cm³/mol. The van der Waals surface area contributed by atoms with Gasteiger partial charge in [0, 0.05) is 38.4 Å². The number of benzene rings is 1. The summed E-state index contributed by atoms with van der Waals surface area (Å²) in [4.78, 5) is 22.7. The van der Waals surface area contributed by atoms with Gasteiger partial charge in [-0.25, -0.2) is 4.98 Å². The summed E-state index contributed by atoms with van der Waals surface area (Å²) in [5, 5.41) is 5.07. The van der Waals surface area contributed by atoms with Crippen LogP contribution in [-0.2, 0) is 11.3 Å². The molecule has 0 saturated carbocycles. The molecule has 3 aromatic rings. The van der Waals surface area contributed by atoms with Crippen LogP contribution in [0.1, 0.15) is 16.8 Å². The van der Waals surface area contributed by atoms with Gasteiger partial charge < -0.3 is 9.73 Å². The van der Waals surface area contributed by atoms with E-state index in [1.807, 2.05) is 36.6 Å². The second-order valence-corrected chi connectivity index (χ2v) is 8.42. The summed E-state index contributed by atoms with van der Waals surface area (Å²) in [7, 11) is 0. The fourth-order valence-corrected chi connectivity index (χ4v) is 4.16. The summed E-state index contributed by atoms with van der Waals surface area (Å²) in [6.07, 6.45) is 1.75. The number of thiophene rings is 1. The number of oxazole rings is 1. The van der Waals surface area contributed by atoms with Gasteiger partial charge in [-0.2, -0.15) is 0 Å². The van der Waals surface area contributed by atoms with Gasteiger partial charge in [-0.15, -0.1) is 11.3 Å². The zero-order valence-electron chi connectivity index (χ0n) is 16.9. The minimum atomic E-state index is 0.0456. The molecule has 0 spiro atoms. The van der Waals surface area contributed by atoms with E-state index in [-0.39, 0.29) is 5.91 Å². The topological polar surface area (TPSA) is 61.6 Å². The first-order valence-electron chi connectivity index (χ1n) is 9.87. The molecule has 1 aromatic carbocycles. The van der Waals surface area contributed by atoms with Crippen LogP contribution >= 0.6 is 11.3 Å². The van der Waals surface area contributed by atoms with Crippen molar-refractivity contribution < 1.29 is 9.21 Å². The molecule has 1 amide bonds. The van der Waals surface area contributed by atoms with Crippen molar-refractivity contribution in [1.82, 2.24) is 14.8 Å². The summed E-state index contributed by atoms with van der Waals surface area (Å²) >= 11 is 1.63. The highest BCUT2D eigenvalue weighted by Crippen LogP contribution is 2.24. The van der Waals surface area contributed by atoms with E-state index in [4.69, 9.17) is 4.42 Å². The molecule has 0 unspecified atom stereocenters. The Hall–Kier alpha value is -2.48. The monoisotopic (exact) mass is 410 g/mol. The molecule has 4 rings (SSSR count). The number of rotatable bonds is 6. The van der Waals surface area contributed by atoms with E-state index < -0.39 is 0 Å². The molecule has 1 N–H and O–H groups in total. The SMILES string of the molecule is Cc1cccc(NC(=O)CN2CCN(Cc3coc(-c4cccs4)n3)CC2)c1C. The lowest BCUT2D eigenvalue weighted by Crippen LogP contribution is -2.48. The van der Waals surface area contributed by atoms with Crippen molar-refractivity contribution in [3.8, 4) is 10.8 Å². The summed E-state index contributed by atoms with van der Waals surface area (Å²) in [6.45, 7) is 8.87. The number of amides is 1. The largest absolute Gasteiger partial charge is 0.444 e.